The Morgan fingerprint density at radius 3 is 2.75 bits per heavy atom. The number of carbonyl (C=O) groups excluding carboxylic acids is 1. The van der Waals surface area contributed by atoms with Gasteiger partial charge in [-0.1, -0.05) is 18.9 Å². The van der Waals surface area contributed by atoms with E-state index < -0.39 is 11.4 Å². The van der Waals surface area contributed by atoms with Crippen molar-refractivity contribution in [1.29, 1.82) is 0 Å². The lowest BCUT2D eigenvalue weighted by molar-refractivity contribution is -0.159. The van der Waals surface area contributed by atoms with Crippen LogP contribution in [0.1, 0.15) is 58.8 Å². The van der Waals surface area contributed by atoms with Crippen molar-refractivity contribution in [3.05, 3.63) is 34.6 Å². The average molecular weight is 328 g/mol. The maximum Gasteiger partial charge on any atom is 0.336 e. The van der Waals surface area contributed by atoms with E-state index in [2.05, 4.69) is 6.92 Å². The zero-order valence-corrected chi connectivity index (χ0v) is 14.4. The van der Waals surface area contributed by atoms with Gasteiger partial charge in [0.25, 0.3) is 0 Å². The molecule has 1 heterocycles. The number of allylic oxidation sites excluding steroid dienone is 4. The van der Waals surface area contributed by atoms with Crippen molar-refractivity contribution >= 4 is 11.9 Å². The second kappa shape index (κ2) is 5.08. The molecule has 1 fully saturated rings. The lowest BCUT2D eigenvalue weighted by Crippen LogP contribution is -2.50. The van der Waals surface area contributed by atoms with Crippen LogP contribution in [-0.4, -0.2) is 17.0 Å². The summed E-state index contributed by atoms with van der Waals surface area (Å²) in [6.07, 6.45) is 9.93. The standard InChI is InChI=1S/C20H24O4/c1-19-8-3-9-20(2,18(22)23)16(19)7-5-12-10-15-13(4-6-14(12)19)11-17(21)24-15/h10-11,16H,3-9H2,1-2H3,(H,22,23)/t16-,19+,20-/m0/s1. The minimum absolute atomic E-state index is 0.0563. The molecule has 1 aliphatic heterocycles. The first-order chi connectivity index (χ1) is 11.3. The predicted molar refractivity (Wildman–Crippen MR) is 88.9 cm³/mol. The van der Waals surface area contributed by atoms with Crippen molar-refractivity contribution < 1.29 is 19.4 Å². The lowest BCUT2D eigenvalue weighted by Gasteiger charge is -2.54. The minimum atomic E-state index is -0.650. The molecule has 3 atom stereocenters. The summed E-state index contributed by atoms with van der Waals surface area (Å²) >= 11 is 0. The van der Waals surface area contributed by atoms with Crippen molar-refractivity contribution in [3.8, 4) is 0 Å². The van der Waals surface area contributed by atoms with Gasteiger partial charge in [-0.25, -0.2) is 4.79 Å². The monoisotopic (exact) mass is 328 g/mol. The molecule has 3 aliphatic carbocycles. The van der Waals surface area contributed by atoms with Crippen LogP contribution in [-0.2, 0) is 14.3 Å². The van der Waals surface area contributed by atoms with E-state index in [4.69, 9.17) is 4.74 Å². The summed E-state index contributed by atoms with van der Waals surface area (Å²) in [7, 11) is 0. The van der Waals surface area contributed by atoms with Crippen LogP contribution in [0.15, 0.2) is 34.6 Å². The molecule has 4 aliphatic rings. The molecule has 24 heavy (non-hydrogen) atoms. The predicted octanol–water partition coefficient (Wildman–Crippen LogP) is 4.14. The van der Waals surface area contributed by atoms with Crippen molar-refractivity contribution in [3.63, 3.8) is 0 Å². The van der Waals surface area contributed by atoms with Crippen LogP contribution in [0, 0.1) is 16.7 Å². The van der Waals surface area contributed by atoms with Crippen LogP contribution in [0.3, 0.4) is 0 Å². The third-order valence-corrected chi connectivity index (χ3v) is 6.97. The Hall–Kier alpha value is -1.84. The lowest BCUT2D eigenvalue weighted by atomic mass is 9.49. The number of hydrogen-bond acceptors (Lipinski definition) is 3. The van der Waals surface area contributed by atoms with Gasteiger partial charge in [0.2, 0.25) is 0 Å². The summed E-state index contributed by atoms with van der Waals surface area (Å²) in [5.74, 6) is -0.0222. The molecule has 128 valence electrons. The van der Waals surface area contributed by atoms with Crippen LogP contribution >= 0.6 is 0 Å². The number of carboxylic acids is 1. The first-order valence-corrected chi connectivity index (χ1v) is 8.95. The number of hydrogen-bond donors (Lipinski definition) is 1. The molecule has 0 aromatic carbocycles. The normalized spacial score (nSPS) is 38.2. The quantitative estimate of drug-likeness (QED) is 0.735. The van der Waals surface area contributed by atoms with Gasteiger partial charge in [-0.05, 0) is 68.4 Å². The minimum Gasteiger partial charge on any atom is -0.481 e. The zero-order chi connectivity index (χ0) is 17.1. The molecule has 4 nitrogen and oxygen atoms in total. The number of aliphatic carboxylic acids is 1. The van der Waals surface area contributed by atoms with Crippen LogP contribution in [0.25, 0.3) is 0 Å². The van der Waals surface area contributed by atoms with Gasteiger partial charge in [0.1, 0.15) is 5.76 Å². The molecule has 0 radical (unpaired) electrons. The molecule has 0 amide bonds. The number of carboxylic acid groups (broad SMARTS) is 1. The molecule has 0 aromatic rings. The Bertz CT molecular complexity index is 726. The van der Waals surface area contributed by atoms with Crippen molar-refractivity contribution in [1.82, 2.24) is 0 Å². The molecule has 1 N–H and O–H groups in total. The topological polar surface area (TPSA) is 63.6 Å². The Kier molecular flexibility index (Phi) is 3.32. The highest BCUT2D eigenvalue weighted by Crippen LogP contribution is 2.61. The third-order valence-electron chi connectivity index (χ3n) is 6.97. The van der Waals surface area contributed by atoms with Crippen LogP contribution in [0.4, 0.5) is 0 Å². The number of esters is 1. The van der Waals surface area contributed by atoms with Gasteiger partial charge < -0.3 is 9.84 Å². The summed E-state index contributed by atoms with van der Waals surface area (Å²) in [5, 5.41) is 9.87. The summed E-state index contributed by atoms with van der Waals surface area (Å²) in [6.45, 7) is 4.21. The van der Waals surface area contributed by atoms with Gasteiger partial charge in [-0.15, -0.1) is 0 Å². The maximum absolute atomic E-state index is 12.0. The van der Waals surface area contributed by atoms with Crippen molar-refractivity contribution in [2.24, 2.45) is 16.7 Å². The molecular weight excluding hydrogens is 304 g/mol. The smallest absolute Gasteiger partial charge is 0.336 e. The fourth-order valence-corrected chi connectivity index (χ4v) is 5.70. The highest BCUT2D eigenvalue weighted by Gasteiger charge is 2.55. The summed E-state index contributed by atoms with van der Waals surface area (Å²) < 4.78 is 5.34. The van der Waals surface area contributed by atoms with Gasteiger partial charge in [0, 0.05) is 11.6 Å². The Labute approximate surface area is 142 Å². The van der Waals surface area contributed by atoms with Crippen molar-refractivity contribution in [2.45, 2.75) is 58.8 Å². The fraction of sp³-hybridized carbons (Fsp3) is 0.600. The first kappa shape index (κ1) is 15.7. The van der Waals surface area contributed by atoms with E-state index in [1.807, 2.05) is 13.0 Å². The third kappa shape index (κ3) is 2.04. The second-order valence-corrected chi connectivity index (χ2v) is 8.19. The summed E-state index contributed by atoms with van der Waals surface area (Å²) in [5.41, 5.74) is 2.99. The van der Waals surface area contributed by atoms with E-state index in [0.29, 0.717) is 5.76 Å². The van der Waals surface area contributed by atoms with Gasteiger partial charge >= 0.3 is 11.9 Å². The average Bonchev–Trinajstić information content (AvgIpc) is 2.75. The number of fused-ring (bicyclic) bond motifs is 3. The molecule has 1 saturated carbocycles. The van der Waals surface area contributed by atoms with E-state index in [9.17, 15) is 14.7 Å². The summed E-state index contributed by atoms with van der Waals surface area (Å²) in [4.78, 5) is 23.5. The molecule has 0 bridgehead atoms. The Balaban J connectivity index is 1.77. The first-order valence-electron chi connectivity index (χ1n) is 8.95. The maximum atomic E-state index is 12.0. The van der Waals surface area contributed by atoms with Gasteiger partial charge in [-0.2, -0.15) is 0 Å². The van der Waals surface area contributed by atoms with Gasteiger partial charge in [0.15, 0.2) is 0 Å². The fourth-order valence-electron chi connectivity index (χ4n) is 5.70. The van der Waals surface area contributed by atoms with Gasteiger partial charge in [0.05, 0.1) is 5.41 Å². The van der Waals surface area contributed by atoms with Crippen LogP contribution < -0.4 is 0 Å². The van der Waals surface area contributed by atoms with E-state index in [-0.39, 0.29) is 17.3 Å². The van der Waals surface area contributed by atoms with Crippen molar-refractivity contribution in [2.75, 3.05) is 0 Å². The van der Waals surface area contributed by atoms with E-state index in [1.165, 1.54) is 11.1 Å². The van der Waals surface area contributed by atoms with Gasteiger partial charge in [-0.3, -0.25) is 4.79 Å². The second-order valence-electron chi connectivity index (χ2n) is 8.19. The number of rotatable bonds is 1. The molecule has 4 rings (SSSR count). The largest absolute Gasteiger partial charge is 0.481 e. The summed E-state index contributed by atoms with van der Waals surface area (Å²) in [6, 6.07) is 0. The van der Waals surface area contributed by atoms with Crippen LogP contribution in [0.2, 0.25) is 0 Å². The number of ether oxygens (including phenoxy) is 1. The Morgan fingerprint density at radius 2 is 2.00 bits per heavy atom. The molecule has 4 heteroatoms. The highest BCUT2D eigenvalue weighted by atomic mass is 16.5. The Morgan fingerprint density at radius 1 is 1.21 bits per heavy atom. The number of carbonyl (C=O) groups is 2. The van der Waals surface area contributed by atoms with E-state index >= 15 is 0 Å². The molecule has 0 saturated heterocycles. The highest BCUT2D eigenvalue weighted by molar-refractivity contribution is 5.88. The zero-order valence-electron chi connectivity index (χ0n) is 14.4. The SMILES string of the molecule is C[C@]1(C(=O)O)CCC[C@]2(C)C3=C(C=C4OC(=O)C=C4CC3)CC[C@H]12. The van der Waals surface area contributed by atoms with E-state index in [1.54, 1.807) is 6.08 Å². The van der Waals surface area contributed by atoms with E-state index in [0.717, 1.165) is 50.5 Å². The molecular formula is C20H24O4. The molecule has 0 spiro atoms. The van der Waals surface area contributed by atoms with Crippen LogP contribution in [0.5, 0.6) is 0 Å². The molecule has 0 unspecified atom stereocenters. The molecule has 0 aromatic heterocycles.